The third-order valence-corrected chi connectivity index (χ3v) is 1.79. The molecule has 0 aromatic rings. The minimum Gasteiger partial charge on any atom is -0.465 e. The molecule has 0 aliphatic carbocycles. The summed E-state index contributed by atoms with van der Waals surface area (Å²) in [6, 6.07) is 0. The van der Waals surface area contributed by atoms with E-state index in [9.17, 15) is 4.79 Å². The molecule has 1 N–H and O–H groups in total. The van der Waals surface area contributed by atoms with Crippen molar-refractivity contribution >= 4 is 6.09 Å². The normalized spacial score (nSPS) is 9.79. The molecule has 4 nitrogen and oxygen atoms in total. The zero-order chi connectivity index (χ0) is 10.8. The van der Waals surface area contributed by atoms with E-state index in [1.54, 1.807) is 6.08 Å². The van der Waals surface area contributed by atoms with E-state index in [0.717, 1.165) is 12.8 Å². The fourth-order valence-corrected chi connectivity index (χ4v) is 0.993. The van der Waals surface area contributed by atoms with Crippen molar-refractivity contribution in [2.45, 2.75) is 19.8 Å². The SMILES string of the molecule is C=CCOCCN(CCCC)C(=O)O. The van der Waals surface area contributed by atoms with E-state index in [1.165, 1.54) is 4.90 Å². The summed E-state index contributed by atoms with van der Waals surface area (Å²) in [7, 11) is 0. The largest absolute Gasteiger partial charge is 0.465 e. The first-order valence-electron chi connectivity index (χ1n) is 4.88. The number of carbonyl (C=O) groups is 1. The molecule has 0 aliphatic rings. The Morgan fingerprint density at radius 2 is 2.29 bits per heavy atom. The molecule has 1 amide bonds. The number of hydrogen-bond donors (Lipinski definition) is 1. The molecule has 0 saturated carbocycles. The highest BCUT2D eigenvalue weighted by atomic mass is 16.5. The van der Waals surface area contributed by atoms with Crippen molar-refractivity contribution in [1.82, 2.24) is 4.90 Å². The Hall–Kier alpha value is -1.03. The molecule has 0 bridgehead atoms. The Labute approximate surface area is 85.2 Å². The quantitative estimate of drug-likeness (QED) is 0.482. The molecule has 0 spiro atoms. The second-order valence-electron chi connectivity index (χ2n) is 2.99. The molecule has 0 unspecified atom stereocenters. The summed E-state index contributed by atoms with van der Waals surface area (Å²) in [4.78, 5) is 12.1. The lowest BCUT2D eigenvalue weighted by atomic mass is 10.3. The molecular formula is C10H19NO3. The van der Waals surface area contributed by atoms with Crippen molar-refractivity contribution in [2.24, 2.45) is 0 Å². The van der Waals surface area contributed by atoms with Gasteiger partial charge in [-0.2, -0.15) is 0 Å². The first-order chi connectivity index (χ1) is 6.72. The van der Waals surface area contributed by atoms with Gasteiger partial charge in [-0.05, 0) is 6.42 Å². The second-order valence-corrected chi connectivity index (χ2v) is 2.99. The smallest absolute Gasteiger partial charge is 0.407 e. The number of unbranched alkanes of at least 4 members (excludes halogenated alkanes) is 1. The fraction of sp³-hybridized carbons (Fsp3) is 0.700. The first kappa shape index (κ1) is 13.0. The van der Waals surface area contributed by atoms with Crippen LogP contribution in [0.3, 0.4) is 0 Å². The van der Waals surface area contributed by atoms with Crippen molar-refractivity contribution in [3.8, 4) is 0 Å². The maximum absolute atomic E-state index is 10.7. The van der Waals surface area contributed by atoms with E-state index in [4.69, 9.17) is 9.84 Å². The van der Waals surface area contributed by atoms with Gasteiger partial charge in [0.25, 0.3) is 0 Å². The Kier molecular flexibility index (Phi) is 7.93. The summed E-state index contributed by atoms with van der Waals surface area (Å²) in [5, 5.41) is 8.81. The molecule has 82 valence electrons. The molecule has 4 heteroatoms. The highest BCUT2D eigenvalue weighted by Gasteiger charge is 2.09. The van der Waals surface area contributed by atoms with Crippen molar-refractivity contribution in [2.75, 3.05) is 26.3 Å². The molecule has 0 heterocycles. The minimum atomic E-state index is -0.874. The van der Waals surface area contributed by atoms with Gasteiger partial charge in [-0.1, -0.05) is 19.4 Å². The summed E-state index contributed by atoms with van der Waals surface area (Å²) >= 11 is 0. The van der Waals surface area contributed by atoms with Crippen molar-refractivity contribution in [3.05, 3.63) is 12.7 Å². The number of amides is 1. The van der Waals surface area contributed by atoms with Crippen LogP contribution in [0.1, 0.15) is 19.8 Å². The predicted molar refractivity (Wildman–Crippen MR) is 55.5 cm³/mol. The van der Waals surface area contributed by atoms with Gasteiger partial charge in [0.15, 0.2) is 0 Å². The summed E-state index contributed by atoms with van der Waals surface area (Å²) in [6.45, 7) is 7.47. The highest BCUT2D eigenvalue weighted by molar-refractivity contribution is 5.64. The maximum atomic E-state index is 10.7. The molecule has 0 saturated heterocycles. The van der Waals surface area contributed by atoms with Crippen LogP contribution in [0.15, 0.2) is 12.7 Å². The Morgan fingerprint density at radius 1 is 1.57 bits per heavy atom. The van der Waals surface area contributed by atoms with Gasteiger partial charge in [0.1, 0.15) is 0 Å². The molecule has 0 fully saturated rings. The van der Waals surface area contributed by atoms with Crippen LogP contribution in [0.25, 0.3) is 0 Å². The summed E-state index contributed by atoms with van der Waals surface area (Å²) in [5.74, 6) is 0. The van der Waals surface area contributed by atoms with Crippen molar-refractivity contribution in [1.29, 1.82) is 0 Å². The Balaban J connectivity index is 3.62. The molecular weight excluding hydrogens is 182 g/mol. The predicted octanol–water partition coefficient (Wildman–Crippen LogP) is 1.97. The molecule has 0 aromatic carbocycles. The third kappa shape index (κ3) is 6.48. The van der Waals surface area contributed by atoms with E-state index in [1.807, 2.05) is 6.92 Å². The molecule has 0 radical (unpaired) electrons. The molecule has 0 rings (SSSR count). The maximum Gasteiger partial charge on any atom is 0.407 e. The highest BCUT2D eigenvalue weighted by Crippen LogP contribution is 1.95. The third-order valence-electron chi connectivity index (χ3n) is 1.79. The first-order valence-corrected chi connectivity index (χ1v) is 4.88. The number of hydrogen-bond acceptors (Lipinski definition) is 2. The van der Waals surface area contributed by atoms with Crippen molar-refractivity contribution < 1.29 is 14.6 Å². The van der Waals surface area contributed by atoms with E-state index in [0.29, 0.717) is 26.3 Å². The van der Waals surface area contributed by atoms with E-state index >= 15 is 0 Å². The lowest BCUT2D eigenvalue weighted by molar-refractivity contribution is 0.106. The van der Waals surface area contributed by atoms with Crippen molar-refractivity contribution in [3.63, 3.8) is 0 Å². The summed E-state index contributed by atoms with van der Waals surface area (Å²) in [5.41, 5.74) is 0. The average molecular weight is 201 g/mol. The number of nitrogens with zero attached hydrogens (tertiary/aromatic N) is 1. The van der Waals surface area contributed by atoms with Gasteiger partial charge < -0.3 is 14.7 Å². The summed E-state index contributed by atoms with van der Waals surface area (Å²) in [6.07, 6.45) is 2.67. The van der Waals surface area contributed by atoms with Crippen LogP contribution < -0.4 is 0 Å². The standard InChI is InChI=1S/C10H19NO3/c1-3-5-6-11(10(12)13)7-9-14-8-4-2/h4H,2-3,5-9H2,1H3,(H,12,13). The van der Waals surface area contributed by atoms with Gasteiger partial charge in [0.2, 0.25) is 0 Å². The van der Waals surface area contributed by atoms with Gasteiger partial charge >= 0.3 is 6.09 Å². The Bertz CT molecular complexity index is 171. The molecule has 0 aliphatic heterocycles. The van der Waals surface area contributed by atoms with Gasteiger partial charge in [-0.3, -0.25) is 0 Å². The molecule has 14 heavy (non-hydrogen) atoms. The lowest BCUT2D eigenvalue weighted by Crippen LogP contribution is -2.33. The zero-order valence-corrected chi connectivity index (χ0v) is 8.74. The van der Waals surface area contributed by atoms with Crippen LogP contribution in [-0.4, -0.2) is 42.4 Å². The number of carboxylic acid groups (broad SMARTS) is 1. The number of rotatable bonds is 8. The lowest BCUT2D eigenvalue weighted by Gasteiger charge is -2.18. The van der Waals surface area contributed by atoms with E-state index < -0.39 is 6.09 Å². The van der Waals surface area contributed by atoms with Gasteiger partial charge in [0.05, 0.1) is 13.2 Å². The number of ether oxygens (including phenoxy) is 1. The van der Waals surface area contributed by atoms with Gasteiger partial charge in [-0.25, -0.2) is 4.79 Å². The average Bonchev–Trinajstić information content (AvgIpc) is 2.16. The van der Waals surface area contributed by atoms with Crippen LogP contribution in [0.2, 0.25) is 0 Å². The van der Waals surface area contributed by atoms with Crippen LogP contribution in [-0.2, 0) is 4.74 Å². The molecule has 0 aromatic heterocycles. The fourth-order valence-electron chi connectivity index (χ4n) is 0.993. The van der Waals surface area contributed by atoms with Crippen LogP contribution in [0.5, 0.6) is 0 Å². The topological polar surface area (TPSA) is 49.8 Å². The van der Waals surface area contributed by atoms with Gasteiger partial charge in [-0.15, -0.1) is 6.58 Å². The monoisotopic (exact) mass is 201 g/mol. The van der Waals surface area contributed by atoms with E-state index in [-0.39, 0.29) is 0 Å². The van der Waals surface area contributed by atoms with Crippen LogP contribution in [0.4, 0.5) is 4.79 Å². The zero-order valence-electron chi connectivity index (χ0n) is 8.74. The van der Waals surface area contributed by atoms with Gasteiger partial charge in [0, 0.05) is 13.1 Å². The minimum absolute atomic E-state index is 0.433. The van der Waals surface area contributed by atoms with E-state index in [2.05, 4.69) is 6.58 Å². The second kappa shape index (κ2) is 8.56. The van der Waals surface area contributed by atoms with Crippen LogP contribution >= 0.6 is 0 Å². The molecule has 0 atom stereocenters. The summed E-state index contributed by atoms with van der Waals surface area (Å²) < 4.78 is 5.12. The van der Waals surface area contributed by atoms with Crippen LogP contribution in [0, 0.1) is 0 Å². The Morgan fingerprint density at radius 3 is 2.79 bits per heavy atom.